The van der Waals surface area contributed by atoms with Crippen molar-refractivity contribution in [2.24, 2.45) is 23.7 Å². The highest BCUT2D eigenvalue weighted by Crippen LogP contribution is 2.53. The van der Waals surface area contributed by atoms with Crippen molar-refractivity contribution in [1.29, 1.82) is 0 Å². The van der Waals surface area contributed by atoms with E-state index in [9.17, 15) is 9.59 Å². The molecule has 2 aromatic heterocycles. The van der Waals surface area contributed by atoms with Gasteiger partial charge in [0.05, 0.1) is 5.02 Å². The van der Waals surface area contributed by atoms with Crippen molar-refractivity contribution in [3.63, 3.8) is 0 Å². The molecule has 4 bridgehead atoms. The molecule has 0 radical (unpaired) electrons. The van der Waals surface area contributed by atoms with Crippen LogP contribution in [0.1, 0.15) is 63.4 Å². The molecule has 0 unspecified atom stereocenters. The molecule has 4 saturated carbocycles. The number of pyridine rings is 1. The van der Waals surface area contributed by atoms with Crippen LogP contribution in [0.5, 0.6) is 0 Å². The smallest absolute Gasteiger partial charge is 0.419 e. The van der Waals surface area contributed by atoms with E-state index in [2.05, 4.69) is 10.3 Å². The number of ether oxygens (including phenoxy) is 1. The van der Waals surface area contributed by atoms with Gasteiger partial charge in [-0.25, -0.2) is 9.36 Å². The normalized spacial score (nSPS) is 28.6. The number of hydrogen-bond acceptors (Lipinski definition) is 4. The summed E-state index contributed by atoms with van der Waals surface area (Å²) in [5.74, 6) is 2.53. The van der Waals surface area contributed by atoms with E-state index in [0.717, 1.165) is 11.8 Å². The molecular weight excluding hydrogens is 426 g/mol. The van der Waals surface area contributed by atoms with Gasteiger partial charge >= 0.3 is 6.09 Å². The first-order valence-corrected chi connectivity index (χ1v) is 11.9. The van der Waals surface area contributed by atoms with Gasteiger partial charge in [0, 0.05) is 35.8 Å². The quantitative estimate of drug-likeness (QED) is 0.659. The Hall–Kier alpha value is -2.34. The largest absolute Gasteiger partial charge is 0.443 e. The van der Waals surface area contributed by atoms with Gasteiger partial charge in [0.1, 0.15) is 11.3 Å². The summed E-state index contributed by atoms with van der Waals surface area (Å²) in [6.45, 7) is 5.43. The fourth-order valence-electron chi connectivity index (χ4n) is 6.24. The minimum absolute atomic E-state index is 0.185. The number of nitrogens with one attached hydrogen (secondary N) is 1. The molecule has 4 fully saturated rings. The van der Waals surface area contributed by atoms with Crippen molar-refractivity contribution in [3.8, 4) is 11.1 Å². The number of amides is 1. The van der Waals surface area contributed by atoms with Gasteiger partial charge in [0.15, 0.2) is 0 Å². The molecule has 1 N–H and O–H groups in total. The molecule has 1 amide bonds. The van der Waals surface area contributed by atoms with Gasteiger partial charge in [-0.1, -0.05) is 11.6 Å². The third kappa shape index (κ3) is 4.05. The molecule has 7 heteroatoms. The minimum atomic E-state index is -0.676. The Balaban J connectivity index is 1.45. The average Bonchev–Trinajstić information content (AvgIpc) is 3.15. The number of carbonyl (C=O) groups excluding carboxylic acids is 2. The summed E-state index contributed by atoms with van der Waals surface area (Å²) in [5, 5.41) is 3.76. The van der Waals surface area contributed by atoms with Crippen molar-refractivity contribution in [2.75, 3.05) is 0 Å². The number of aromatic nitrogens is 2. The number of nitrogens with zero attached hydrogens (tertiary/aromatic N) is 2. The van der Waals surface area contributed by atoms with Gasteiger partial charge in [-0.3, -0.25) is 9.78 Å². The van der Waals surface area contributed by atoms with E-state index >= 15 is 0 Å². The van der Waals surface area contributed by atoms with E-state index in [1.165, 1.54) is 36.7 Å². The number of halogens is 1. The lowest BCUT2D eigenvalue weighted by atomic mass is 9.54. The highest BCUT2D eigenvalue weighted by molar-refractivity contribution is 6.33. The predicted molar refractivity (Wildman–Crippen MR) is 123 cm³/mol. The van der Waals surface area contributed by atoms with E-state index in [0.29, 0.717) is 28.0 Å². The van der Waals surface area contributed by atoms with Crippen LogP contribution in [-0.4, -0.2) is 33.2 Å². The van der Waals surface area contributed by atoms with E-state index in [1.54, 1.807) is 30.7 Å². The topological polar surface area (TPSA) is 73.2 Å². The standard InChI is InChI=1S/C25H30ClN3O3/c1-25(2,3)32-24(31)29-13-18(19-4-5-27-12-20(19)26)11-21(29)23(30)28-22-16-7-14-6-15(9-16)10-17(22)8-14/h4-5,11-17,22H,6-10H2,1-3H3,(H,28,30). The van der Waals surface area contributed by atoms with Crippen LogP contribution in [0.25, 0.3) is 11.1 Å². The summed E-state index contributed by atoms with van der Waals surface area (Å²) in [5.41, 5.74) is 0.993. The third-order valence-corrected chi connectivity index (χ3v) is 7.55. The van der Waals surface area contributed by atoms with E-state index in [4.69, 9.17) is 16.3 Å². The first-order chi connectivity index (χ1) is 15.2. The van der Waals surface area contributed by atoms with Crippen molar-refractivity contribution in [1.82, 2.24) is 14.9 Å². The maximum Gasteiger partial charge on any atom is 0.419 e. The second-order valence-corrected chi connectivity index (χ2v) is 11.2. The van der Waals surface area contributed by atoms with Crippen molar-refractivity contribution in [2.45, 2.75) is 64.5 Å². The molecule has 0 atom stereocenters. The second-order valence-electron chi connectivity index (χ2n) is 10.7. The molecule has 4 aliphatic rings. The van der Waals surface area contributed by atoms with E-state index in [-0.39, 0.29) is 17.6 Å². The summed E-state index contributed by atoms with van der Waals surface area (Å²) in [7, 11) is 0. The van der Waals surface area contributed by atoms with Crippen LogP contribution in [-0.2, 0) is 4.74 Å². The van der Waals surface area contributed by atoms with Crippen LogP contribution in [0.15, 0.2) is 30.7 Å². The zero-order valence-electron chi connectivity index (χ0n) is 18.8. The lowest BCUT2D eigenvalue weighted by Crippen LogP contribution is -2.56. The Morgan fingerprint density at radius 2 is 1.78 bits per heavy atom. The van der Waals surface area contributed by atoms with Crippen LogP contribution in [0.2, 0.25) is 5.02 Å². The molecule has 4 aliphatic carbocycles. The average molecular weight is 456 g/mol. The SMILES string of the molecule is CC(C)(C)OC(=O)n1cc(-c2ccncc2Cl)cc1C(=O)NC1C2CC3CC(C2)CC1C3. The van der Waals surface area contributed by atoms with Crippen molar-refractivity contribution < 1.29 is 14.3 Å². The Kier molecular flexibility index (Phi) is 5.31. The summed E-state index contributed by atoms with van der Waals surface area (Å²) in [4.78, 5) is 30.5. The molecule has 0 aromatic carbocycles. The minimum Gasteiger partial charge on any atom is -0.443 e. The van der Waals surface area contributed by atoms with Gasteiger partial charge < -0.3 is 10.1 Å². The molecule has 6 rings (SSSR count). The van der Waals surface area contributed by atoms with E-state index in [1.807, 2.05) is 20.8 Å². The highest BCUT2D eigenvalue weighted by Gasteiger charge is 2.48. The lowest BCUT2D eigenvalue weighted by Gasteiger charge is -2.54. The van der Waals surface area contributed by atoms with Crippen LogP contribution in [0.4, 0.5) is 4.79 Å². The fraction of sp³-hybridized carbons (Fsp3) is 0.560. The summed E-state index contributed by atoms with van der Waals surface area (Å²) >= 11 is 6.34. The van der Waals surface area contributed by atoms with Gasteiger partial charge in [0.25, 0.3) is 5.91 Å². The summed E-state index contributed by atoms with van der Waals surface area (Å²) in [6, 6.07) is 3.68. The van der Waals surface area contributed by atoms with Crippen LogP contribution >= 0.6 is 11.6 Å². The first-order valence-electron chi connectivity index (χ1n) is 11.5. The molecule has 0 saturated heterocycles. The summed E-state index contributed by atoms with van der Waals surface area (Å²) in [6.07, 6.45) is 10.4. The molecular formula is C25H30ClN3O3. The fourth-order valence-corrected chi connectivity index (χ4v) is 6.47. The lowest BCUT2D eigenvalue weighted by molar-refractivity contribution is -0.0121. The van der Waals surface area contributed by atoms with Gasteiger partial charge in [-0.15, -0.1) is 0 Å². The summed E-state index contributed by atoms with van der Waals surface area (Å²) < 4.78 is 6.89. The Morgan fingerprint density at radius 3 is 2.38 bits per heavy atom. The molecule has 32 heavy (non-hydrogen) atoms. The van der Waals surface area contributed by atoms with Crippen LogP contribution in [0, 0.1) is 23.7 Å². The maximum atomic E-state index is 13.5. The maximum absolute atomic E-state index is 13.5. The highest BCUT2D eigenvalue weighted by atomic mass is 35.5. The monoisotopic (exact) mass is 455 g/mol. The second kappa shape index (κ2) is 7.91. The third-order valence-electron chi connectivity index (χ3n) is 7.25. The van der Waals surface area contributed by atoms with E-state index < -0.39 is 11.7 Å². The van der Waals surface area contributed by atoms with Crippen LogP contribution < -0.4 is 5.32 Å². The molecule has 2 aromatic rings. The molecule has 0 aliphatic heterocycles. The first kappa shape index (κ1) is 21.5. The zero-order chi connectivity index (χ0) is 22.6. The van der Waals surface area contributed by atoms with Gasteiger partial charge in [0.2, 0.25) is 0 Å². The molecule has 6 nitrogen and oxygen atoms in total. The number of carbonyl (C=O) groups is 2. The Morgan fingerprint density at radius 1 is 1.12 bits per heavy atom. The van der Waals surface area contributed by atoms with Crippen molar-refractivity contribution in [3.05, 3.63) is 41.4 Å². The number of rotatable bonds is 3. The van der Waals surface area contributed by atoms with Crippen molar-refractivity contribution >= 4 is 23.6 Å². The molecule has 2 heterocycles. The molecule has 170 valence electrons. The predicted octanol–water partition coefficient (Wildman–Crippen LogP) is 5.54. The molecule has 0 spiro atoms. The Labute approximate surface area is 193 Å². The number of hydrogen-bond donors (Lipinski definition) is 1. The van der Waals surface area contributed by atoms with Gasteiger partial charge in [-0.05, 0) is 88.7 Å². The Bertz CT molecular complexity index is 1030. The van der Waals surface area contributed by atoms with Crippen LogP contribution in [0.3, 0.4) is 0 Å². The zero-order valence-corrected chi connectivity index (χ0v) is 19.6. The van der Waals surface area contributed by atoms with Gasteiger partial charge in [-0.2, -0.15) is 0 Å².